The summed E-state index contributed by atoms with van der Waals surface area (Å²) in [7, 11) is -0.844. The van der Waals surface area contributed by atoms with Gasteiger partial charge >= 0.3 is 5.97 Å². The number of rotatable bonds is 10. The molecule has 0 saturated heterocycles. The van der Waals surface area contributed by atoms with E-state index in [1.807, 2.05) is 20.8 Å². The van der Waals surface area contributed by atoms with Crippen LogP contribution in [0.15, 0.2) is 29.2 Å². The molecule has 162 valence electrons. The molecule has 9 nitrogen and oxygen atoms in total. The molecule has 2 amide bonds. The average molecular weight is 428 g/mol. The van der Waals surface area contributed by atoms with Crippen LogP contribution < -0.4 is 10.0 Å². The summed E-state index contributed by atoms with van der Waals surface area (Å²) in [5.41, 5.74) is 0.904. The van der Waals surface area contributed by atoms with Gasteiger partial charge in [-0.15, -0.1) is 0 Å². The Morgan fingerprint density at radius 3 is 2.21 bits per heavy atom. The van der Waals surface area contributed by atoms with Gasteiger partial charge in [-0.3, -0.25) is 14.4 Å². The molecule has 0 saturated carbocycles. The number of carbonyl (C=O) groups excluding carboxylic acids is 3. The van der Waals surface area contributed by atoms with Gasteiger partial charge in [-0.1, -0.05) is 31.5 Å². The van der Waals surface area contributed by atoms with Crippen LogP contribution in [-0.2, 0) is 29.1 Å². The first-order valence-corrected chi connectivity index (χ1v) is 10.6. The minimum atomic E-state index is -3.94. The van der Waals surface area contributed by atoms with Crippen LogP contribution in [0.2, 0.25) is 0 Å². The van der Waals surface area contributed by atoms with E-state index in [1.165, 1.54) is 17.0 Å². The lowest BCUT2D eigenvalue weighted by molar-refractivity contribution is -0.150. The SMILES string of the molecule is Cc1ccc(S(=O)(=O)N[C@H](CC(C)C)C(=O)OCC(=O)NCC(=O)N(C)C)cc1. The fourth-order valence-corrected chi connectivity index (χ4v) is 3.45. The van der Waals surface area contributed by atoms with E-state index in [9.17, 15) is 22.8 Å². The van der Waals surface area contributed by atoms with E-state index in [-0.39, 0.29) is 29.7 Å². The van der Waals surface area contributed by atoms with Gasteiger partial charge in [0, 0.05) is 14.1 Å². The van der Waals surface area contributed by atoms with E-state index in [0.717, 1.165) is 5.56 Å². The van der Waals surface area contributed by atoms with E-state index in [0.29, 0.717) is 0 Å². The first-order chi connectivity index (χ1) is 13.4. The van der Waals surface area contributed by atoms with Crippen LogP contribution in [0.1, 0.15) is 25.8 Å². The summed E-state index contributed by atoms with van der Waals surface area (Å²) in [4.78, 5) is 36.9. The molecular formula is C19H29N3O6S. The zero-order valence-corrected chi connectivity index (χ0v) is 18.2. The number of likely N-dealkylation sites (N-methyl/N-ethyl adjacent to an activating group) is 1. The summed E-state index contributed by atoms with van der Waals surface area (Å²) in [6.07, 6.45) is 0.199. The van der Waals surface area contributed by atoms with Crippen LogP contribution in [0.4, 0.5) is 0 Å². The van der Waals surface area contributed by atoms with Crippen LogP contribution in [0.5, 0.6) is 0 Å². The number of nitrogens with zero attached hydrogens (tertiary/aromatic N) is 1. The molecule has 1 aromatic carbocycles. The number of hydrogen-bond acceptors (Lipinski definition) is 6. The highest BCUT2D eigenvalue weighted by atomic mass is 32.2. The standard InChI is InChI=1S/C19H29N3O6S/c1-13(2)10-16(21-29(26,27)15-8-6-14(3)7-9-15)19(25)28-12-17(23)20-11-18(24)22(4)5/h6-9,13,16,21H,10-12H2,1-5H3,(H,20,23)/t16-/m1/s1. The first-order valence-electron chi connectivity index (χ1n) is 9.15. The number of benzene rings is 1. The molecule has 0 radical (unpaired) electrons. The molecule has 0 unspecified atom stereocenters. The second kappa shape index (κ2) is 10.9. The van der Waals surface area contributed by atoms with Crippen molar-refractivity contribution >= 4 is 27.8 Å². The van der Waals surface area contributed by atoms with Crippen LogP contribution in [0, 0.1) is 12.8 Å². The van der Waals surface area contributed by atoms with Crippen molar-refractivity contribution in [2.45, 2.75) is 38.1 Å². The van der Waals surface area contributed by atoms with Gasteiger partial charge < -0.3 is 15.0 Å². The van der Waals surface area contributed by atoms with E-state index in [1.54, 1.807) is 26.2 Å². The summed E-state index contributed by atoms with van der Waals surface area (Å²) >= 11 is 0. The number of ether oxygens (including phenoxy) is 1. The Labute approximate surface area is 171 Å². The summed E-state index contributed by atoms with van der Waals surface area (Å²) in [5, 5.41) is 2.33. The largest absolute Gasteiger partial charge is 0.454 e. The summed E-state index contributed by atoms with van der Waals surface area (Å²) in [5.74, 6) is -1.82. The maximum absolute atomic E-state index is 12.6. The van der Waals surface area contributed by atoms with Crippen molar-refractivity contribution in [1.29, 1.82) is 0 Å². The third-order valence-electron chi connectivity index (χ3n) is 3.90. The minimum Gasteiger partial charge on any atom is -0.454 e. The zero-order chi connectivity index (χ0) is 22.2. The molecule has 1 atom stereocenters. The minimum absolute atomic E-state index is 0.000179. The van der Waals surface area contributed by atoms with Crippen LogP contribution in [0.25, 0.3) is 0 Å². The Hall–Kier alpha value is -2.46. The molecule has 0 aliphatic carbocycles. The second-order valence-electron chi connectivity index (χ2n) is 7.29. The fourth-order valence-electron chi connectivity index (χ4n) is 2.26. The van der Waals surface area contributed by atoms with E-state index in [2.05, 4.69) is 10.0 Å². The topological polar surface area (TPSA) is 122 Å². The predicted molar refractivity (Wildman–Crippen MR) is 107 cm³/mol. The molecule has 0 heterocycles. The van der Waals surface area contributed by atoms with Crippen LogP contribution >= 0.6 is 0 Å². The van der Waals surface area contributed by atoms with Crippen molar-refractivity contribution in [3.8, 4) is 0 Å². The lowest BCUT2D eigenvalue weighted by Gasteiger charge is -2.19. The van der Waals surface area contributed by atoms with Crippen LogP contribution in [0.3, 0.4) is 0 Å². The van der Waals surface area contributed by atoms with Gasteiger partial charge in [0.2, 0.25) is 15.9 Å². The molecule has 2 N–H and O–H groups in total. The van der Waals surface area contributed by atoms with Crippen molar-refractivity contribution in [3.63, 3.8) is 0 Å². The third kappa shape index (κ3) is 8.61. The van der Waals surface area contributed by atoms with Gasteiger partial charge in [0.25, 0.3) is 5.91 Å². The van der Waals surface area contributed by atoms with Crippen molar-refractivity contribution in [2.75, 3.05) is 27.2 Å². The highest BCUT2D eigenvalue weighted by Crippen LogP contribution is 2.14. The second-order valence-corrected chi connectivity index (χ2v) is 9.00. The van der Waals surface area contributed by atoms with Crippen molar-refractivity contribution in [2.24, 2.45) is 5.92 Å². The summed E-state index contributed by atoms with van der Waals surface area (Å²) in [6, 6.07) is 5.07. The molecule has 29 heavy (non-hydrogen) atoms. The lowest BCUT2D eigenvalue weighted by atomic mass is 10.1. The maximum atomic E-state index is 12.6. The maximum Gasteiger partial charge on any atom is 0.324 e. The van der Waals surface area contributed by atoms with Crippen molar-refractivity contribution < 1.29 is 27.5 Å². The molecule has 0 aliphatic heterocycles. The molecule has 0 aliphatic rings. The van der Waals surface area contributed by atoms with Crippen molar-refractivity contribution in [1.82, 2.24) is 14.9 Å². The van der Waals surface area contributed by atoms with E-state index < -0.39 is 34.5 Å². The summed E-state index contributed by atoms with van der Waals surface area (Å²) < 4.78 is 32.5. The normalized spacial score (nSPS) is 12.3. The Morgan fingerprint density at radius 1 is 1.10 bits per heavy atom. The molecule has 10 heteroatoms. The Kier molecular flexibility index (Phi) is 9.25. The quantitative estimate of drug-likeness (QED) is 0.523. The van der Waals surface area contributed by atoms with Crippen molar-refractivity contribution in [3.05, 3.63) is 29.8 Å². The summed E-state index contributed by atoms with van der Waals surface area (Å²) in [6.45, 7) is 4.67. The smallest absolute Gasteiger partial charge is 0.324 e. The molecule has 0 fully saturated rings. The third-order valence-corrected chi connectivity index (χ3v) is 5.39. The number of amides is 2. The lowest BCUT2D eigenvalue weighted by Crippen LogP contribution is -2.44. The predicted octanol–water partition coefficient (Wildman–Crippen LogP) is 0.436. The number of nitrogens with one attached hydrogen (secondary N) is 2. The molecular weight excluding hydrogens is 398 g/mol. The Balaban J connectivity index is 2.74. The first kappa shape index (κ1) is 24.6. The van der Waals surface area contributed by atoms with Gasteiger partial charge in [-0.2, -0.15) is 4.72 Å². The Bertz CT molecular complexity index is 819. The highest BCUT2D eigenvalue weighted by molar-refractivity contribution is 7.89. The van der Waals surface area contributed by atoms with Gasteiger partial charge in [-0.05, 0) is 31.4 Å². The number of aryl methyl sites for hydroxylation is 1. The molecule has 1 aromatic rings. The molecule has 0 aromatic heterocycles. The number of carbonyl (C=O) groups is 3. The van der Waals surface area contributed by atoms with Gasteiger partial charge in [0.1, 0.15) is 6.04 Å². The number of hydrogen-bond donors (Lipinski definition) is 2. The molecule has 1 rings (SSSR count). The van der Waals surface area contributed by atoms with E-state index in [4.69, 9.17) is 4.74 Å². The monoisotopic (exact) mass is 427 g/mol. The Morgan fingerprint density at radius 2 is 1.69 bits per heavy atom. The van der Waals surface area contributed by atoms with Crippen LogP contribution in [-0.4, -0.2) is 64.4 Å². The number of esters is 1. The molecule has 0 spiro atoms. The highest BCUT2D eigenvalue weighted by Gasteiger charge is 2.28. The van der Waals surface area contributed by atoms with E-state index >= 15 is 0 Å². The molecule has 0 bridgehead atoms. The average Bonchev–Trinajstić information content (AvgIpc) is 2.63. The van der Waals surface area contributed by atoms with Gasteiger partial charge in [0.05, 0.1) is 11.4 Å². The zero-order valence-electron chi connectivity index (χ0n) is 17.4. The number of sulfonamides is 1. The van der Waals surface area contributed by atoms with Gasteiger partial charge in [-0.25, -0.2) is 8.42 Å². The fraction of sp³-hybridized carbons (Fsp3) is 0.526. The van der Waals surface area contributed by atoms with Gasteiger partial charge in [0.15, 0.2) is 6.61 Å².